The quantitative estimate of drug-likeness (QED) is 0.797. The van der Waals surface area contributed by atoms with E-state index in [1.54, 1.807) is 18.6 Å². The molecule has 0 bridgehead atoms. The van der Waals surface area contributed by atoms with Gasteiger partial charge in [0, 0.05) is 5.41 Å². The Balaban J connectivity index is 2.24. The third-order valence-electron chi connectivity index (χ3n) is 3.46. The molecule has 1 N–H and O–H groups in total. The molecule has 3 rings (SSSR count). The number of nitrogens with one attached hydrogen (secondary N) is 1. The smallest absolute Gasteiger partial charge is 0.237 e. The number of hydrogen-bond donors (Lipinski definition) is 1. The van der Waals surface area contributed by atoms with Gasteiger partial charge in [-0.3, -0.25) is 10.1 Å². The zero-order chi connectivity index (χ0) is 16.8. The van der Waals surface area contributed by atoms with Gasteiger partial charge in [-0.15, -0.1) is 10.2 Å². The minimum Gasteiger partial charge on any atom is -0.495 e. The molecule has 0 aliphatic carbocycles. The fraction of sp³-hybridized carbons (Fsp3) is 0.400. The number of anilines is 1. The van der Waals surface area contributed by atoms with Crippen LogP contribution in [0.5, 0.6) is 11.5 Å². The van der Waals surface area contributed by atoms with Crippen molar-refractivity contribution in [3.63, 3.8) is 0 Å². The topological polar surface area (TPSA) is 77.8 Å². The summed E-state index contributed by atoms with van der Waals surface area (Å²) in [4.78, 5) is 12.9. The molecule has 0 aliphatic heterocycles. The van der Waals surface area contributed by atoms with Crippen LogP contribution in [-0.4, -0.2) is 34.7 Å². The zero-order valence-electron chi connectivity index (χ0n) is 13.6. The van der Waals surface area contributed by atoms with Gasteiger partial charge in [0.05, 0.1) is 14.2 Å². The normalized spacial score (nSPS) is 11.9. The molecule has 1 aromatic carbocycles. The van der Waals surface area contributed by atoms with Crippen molar-refractivity contribution in [3.8, 4) is 11.5 Å². The van der Waals surface area contributed by atoms with Crippen molar-refractivity contribution in [1.82, 2.24) is 14.6 Å². The third-order valence-corrected chi connectivity index (χ3v) is 4.50. The Morgan fingerprint density at radius 1 is 1.17 bits per heavy atom. The van der Waals surface area contributed by atoms with E-state index in [1.807, 2.05) is 32.9 Å². The van der Waals surface area contributed by atoms with Gasteiger partial charge in [-0.05, 0) is 12.1 Å². The minimum atomic E-state index is -0.528. The molecule has 7 nitrogen and oxygen atoms in total. The molecule has 0 radical (unpaired) electrons. The first kappa shape index (κ1) is 15.5. The summed E-state index contributed by atoms with van der Waals surface area (Å²) in [5.41, 5.74) is 0.250. The minimum absolute atomic E-state index is 0.131. The van der Waals surface area contributed by atoms with Crippen molar-refractivity contribution in [2.75, 3.05) is 19.5 Å². The Hall–Kier alpha value is -2.35. The fourth-order valence-electron chi connectivity index (χ4n) is 2.17. The molecular formula is C15H18N4O3S. The highest BCUT2D eigenvalue weighted by Gasteiger charge is 2.25. The number of nitrogens with zero attached hydrogens (tertiary/aromatic N) is 3. The zero-order valence-corrected chi connectivity index (χ0v) is 14.4. The van der Waals surface area contributed by atoms with Gasteiger partial charge in [0.25, 0.3) is 0 Å². The number of rotatable bonds is 3. The summed E-state index contributed by atoms with van der Waals surface area (Å²) in [6.45, 7) is 5.53. The number of amides is 1. The van der Waals surface area contributed by atoms with Gasteiger partial charge in [-0.2, -0.15) is 0 Å². The van der Waals surface area contributed by atoms with E-state index in [0.717, 1.165) is 16.0 Å². The number of methoxy groups -OCH3 is 2. The first-order valence-electron chi connectivity index (χ1n) is 7.07. The lowest BCUT2D eigenvalue weighted by molar-refractivity contribution is -0.123. The van der Waals surface area contributed by atoms with E-state index in [-0.39, 0.29) is 5.91 Å². The number of thiazole rings is 1. The van der Waals surface area contributed by atoms with Crippen molar-refractivity contribution < 1.29 is 14.3 Å². The van der Waals surface area contributed by atoms with Crippen LogP contribution in [0, 0.1) is 5.41 Å². The molecule has 23 heavy (non-hydrogen) atoms. The molecule has 122 valence electrons. The Labute approximate surface area is 137 Å². The number of aromatic nitrogens is 3. The number of carbonyl (C=O) groups excluding carboxylic acids is 1. The third kappa shape index (κ3) is 2.48. The highest BCUT2D eigenvalue weighted by molar-refractivity contribution is 7.24. The van der Waals surface area contributed by atoms with Gasteiger partial charge in [-0.1, -0.05) is 32.1 Å². The van der Waals surface area contributed by atoms with E-state index in [9.17, 15) is 4.79 Å². The summed E-state index contributed by atoms with van der Waals surface area (Å²) in [5.74, 6) is 1.63. The maximum Gasteiger partial charge on any atom is 0.237 e. The predicted molar refractivity (Wildman–Crippen MR) is 89.6 cm³/mol. The second kappa shape index (κ2) is 5.38. The summed E-state index contributed by atoms with van der Waals surface area (Å²) >= 11 is 1.43. The average molecular weight is 334 g/mol. The standard InChI is InChI=1S/C15H18N4O3S/c1-15(2,3)12(20)16-13-17-18-14-19(13)10-8(21-4)6-7-9(22-5)11(10)23-14/h6-7H,1-5H3,(H,16,17,20). The lowest BCUT2D eigenvalue weighted by atomic mass is 9.96. The Kier molecular flexibility index (Phi) is 3.63. The van der Waals surface area contributed by atoms with Crippen molar-refractivity contribution in [3.05, 3.63) is 12.1 Å². The Bertz CT molecular complexity index is 892. The van der Waals surface area contributed by atoms with Crippen LogP contribution in [0.15, 0.2) is 12.1 Å². The molecule has 1 amide bonds. The Morgan fingerprint density at radius 2 is 1.83 bits per heavy atom. The molecule has 2 heterocycles. The monoisotopic (exact) mass is 334 g/mol. The largest absolute Gasteiger partial charge is 0.495 e. The van der Waals surface area contributed by atoms with Gasteiger partial charge in [0.1, 0.15) is 21.7 Å². The number of fused-ring (bicyclic) bond motifs is 3. The van der Waals surface area contributed by atoms with Crippen LogP contribution in [0.3, 0.4) is 0 Å². The van der Waals surface area contributed by atoms with E-state index in [4.69, 9.17) is 9.47 Å². The molecule has 0 saturated heterocycles. The van der Waals surface area contributed by atoms with Gasteiger partial charge in [-0.25, -0.2) is 4.40 Å². The van der Waals surface area contributed by atoms with Gasteiger partial charge >= 0.3 is 0 Å². The Morgan fingerprint density at radius 3 is 2.43 bits per heavy atom. The molecular weight excluding hydrogens is 316 g/mol. The number of benzene rings is 1. The first-order chi connectivity index (χ1) is 10.9. The lowest BCUT2D eigenvalue weighted by Crippen LogP contribution is -2.28. The molecule has 8 heteroatoms. The van der Waals surface area contributed by atoms with Crippen LogP contribution in [0.25, 0.3) is 15.2 Å². The summed E-state index contributed by atoms with van der Waals surface area (Å²) in [6.07, 6.45) is 0. The van der Waals surface area contributed by atoms with Crippen molar-refractivity contribution in [1.29, 1.82) is 0 Å². The van der Waals surface area contributed by atoms with Gasteiger partial charge in [0.15, 0.2) is 0 Å². The number of carbonyl (C=O) groups is 1. The van der Waals surface area contributed by atoms with E-state index in [1.165, 1.54) is 11.3 Å². The predicted octanol–water partition coefficient (Wildman–Crippen LogP) is 2.95. The summed E-state index contributed by atoms with van der Waals surface area (Å²) in [6, 6.07) is 3.67. The van der Waals surface area contributed by atoms with Crippen LogP contribution >= 0.6 is 11.3 Å². The first-order valence-corrected chi connectivity index (χ1v) is 7.88. The van der Waals surface area contributed by atoms with E-state index in [0.29, 0.717) is 16.7 Å². The second-order valence-electron chi connectivity index (χ2n) is 6.10. The molecule has 0 unspecified atom stereocenters. The second-order valence-corrected chi connectivity index (χ2v) is 7.07. The molecule has 2 aromatic heterocycles. The maximum atomic E-state index is 12.3. The van der Waals surface area contributed by atoms with Crippen molar-refractivity contribution in [2.24, 2.45) is 5.41 Å². The molecule has 0 spiro atoms. The summed E-state index contributed by atoms with van der Waals surface area (Å²) in [7, 11) is 3.22. The summed E-state index contributed by atoms with van der Waals surface area (Å²) < 4.78 is 13.5. The van der Waals surface area contributed by atoms with E-state index >= 15 is 0 Å². The van der Waals surface area contributed by atoms with E-state index < -0.39 is 5.41 Å². The van der Waals surface area contributed by atoms with Crippen LogP contribution in [-0.2, 0) is 4.79 Å². The molecule has 0 atom stereocenters. The van der Waals surface area contributed by atoms with Crippen molar-refractivity contribution in [2.45, 2.75) is 20.8 Å². The SMILES string of the molecule is COc1ccc(OC)c2c1sc1nnc(NC(=O)C(C)(C)C)n12. The van der Waals surface area contributed by atoms with E-state index in [2.05, 4.69) is 15.5 Å². The van der Waals surface area contributed by atoms with Gasteiger partial charge < -0.3 is 9.47 Å². The highest BCUT2D eigenvalue weighted by Crippen LogP contribution is 2.40. The number of hydrogen-bond acceptors (Lipinski definition) is 6. The molecule has 0 aliphatic rings. The lowest BCUT2D eigenvalue weighted by Gasteiger charge is -2.16. The maximum absolute atomic E-state index is 12.3. The molecule has 3 aromatic rings. The van der Waals surface area contributed by atoms with Crippen LogP contribution in [0.4, 0.5) is 5.95 Å². The van der Waals surface area contributed by atoms with Crippen LogP contribution in [0.2, 0.25) is 0 Å². The van der Waals surface area contributed by atoms with Crippen LogP contribution in [0.1, 0.15) is 20.8 Å². The highest BCUT2D eigenvalue weighted by atomic mass is 32.1. The van der Waals surface area contributed by atoms with Crippen molar-refractivity contribution >= 4 is 38.4 Å². The molecule has 0 fully saturated rings. The number of ether oxygens (including phenoxy) is 2. The van der Waals surface area contributed by atoms with Gasteiger partial charge in [0.2, 0.25) is 16.8 Å². The van der Waals surface area contributed by atoms with Crippen LogP contribution < -0.4 is 14.8 Å². The molecule has 0 saturated carbocycles. The fourth-order valence-corrected chi connectivity index (χ4v) is 3.24. The summed E-state index contributed by atoms with van der Waals surface area (Å²) in [5, 5.41) is 11.1. The average Bonchev–Trinajstić information content (AvgIpc) is 3.05.